The van der Waals surface area contributed by atoms with Gasteiger partial charge in [0.1, 0.15) is 22.7 Å². The summed E-state index contributed by atoms with van der Waals surface area (Å²) in [5.74, 6) is 1.03. The standard InChI is InChI=1S/C19H19NO5S/c1-19(21,18-11-13-4-2-3-5-17(13)25-18)12-20-26(22,23)15-6-7-16-14(10-15)8-9-24-16/h2-7,10-11,20-21H,8-9,12H2,1H3/t19-/m0/s1. The van der Waals surface area contributed by atoms with E-state index in [1.54, 1.807) is 24.3 Å². The lowest BCUT2D eigenvalue weighted by Crippen LogP contribution is -2.38. The molecular weight excluding hydrogens is 354 g/mol. The number of hydrogen-bond acceptors (Lipinski definition) is 5. The molecule has 0 saturated heterocycles. The Morgan fingerprint density at radius 2 is 2.00 bits per heavy atom. The van der Waals surface area contributed by atoms with E-state index in [1.165, 1.54) is 13.0 Å². The van der Waals surface area contributed by atoms with Crippen LogP contribution < -0.4 is 9.46 Å². The zero-order valence-corrected chi connectivity index (χ0v) is 15.0. The van der Waals surface area contributed by atoms with Crippen LogP contribution in [-0.2, 0) is 22.0 Å². The van der Waals surface area contributed by atoms with Crippen LogP contribution in [0.25, 0.3) is 11.0 Å². The Balaban J connectivity index is 1.54. The van der Waals surface area contributed by atoms with E-state index in [0.717, 1.165) is 16.7 Å². The van der Waals surface area contributed by atoms with Crippen molar-refractivity contribution in [3.05, 3.63) is 59.9 Å². The molecule has 2 heterocycles. The van der Waals surface area contributed by atoms with E-state index in [1.807, 2.05) is 18.2 Å². The minimum atomic E-state index is -3.76. The van der Waals surface area contributed by atoms with Crippen molar-refractivity contribution in [2.45, 2.75) is 23.8 Å². The monoisotopic (exact) mass is 373 g/mol. The van der Waals surface area contributed by atoms with E-state index in [-0.39, 0.29) is 11.4 Å². The molecule has 0 bridgehead atoms. The van der Waals surface area contributed by atoms with Gasteiger partial charge in [-0.3, -0.25) is 0 Å². The first-order valence-electron chi connectivity index (χ1n) is 8.32. The minimum absolute atomic E-state index is 0.155. The molecule has 0 spiro atoms. The van der Waals surface area contributed by atoms with Crippen molar-refractivity contribution in [1.29, 1.82) is 0 Å². The lowest BCUT2D eigenvalue weighted by molar-refractivity contribution is 0.0412. The van der Waals surface area contributed by atoms with Crippen LogP contribution in [0.2, 0.25) is 0 Å². The highest BCUT2D eigenvalue weighted by Gasteiger charge is 2.30. The SMILES string of the molecule is C[C@](O)(CNS(=O)(=O)c1ccc2c(c1)CCO2)c1cc2ccccc2o1. The van der Waals surface area contributed by atoms with Gasteiger partial charge in [0, 0.05) is 18.4 Å². The largest absolute Gasteiger partial charge is 0.493 e. The van der Waals surface area contributed by atoms with Crippen molar-refractivity contribution in [1.82, 2.24) is 4.72 Å². The zero-order valence-electron chi connectivity index (χ0n) is 14.2. The molecule has 1 aliphatic heterocycles. The molecule has 0 aliphatic carbocycles. The fourth-order valence-corrected chi connectivity index (χ4v) is 4.17. The highest BCUT2D eigenvalue weighted by Crippen LogP contribution is 2.29. The summed E-state index contributed by atoms with van der Waals surface area (Å²) in [6.45, 7) is 1.87. The van der Waals surface area contributed by atoms with Crippen LogP contribution in [0.5, 0.6) is 5.75 Å². The van der Waals surface area contributed by atoms with E-state index in [0.29, 0.717) is 24.4 Å². The van der Waals surface area contributed by atoms with Crippen molar-refractivity contribution < 1.29 is 22.7 Å². The summed E-state index contributed by atoms with van der Waals surface area (Å²) >= 11 is 0. The van der Waals surface area contributed by atoms with Gasteiger partial charge in [0.25, 0.3) is 0 Å². The fourth-order valence-electron chi connectivity index (χ4n) is 2.98. The van der Waals surface area contributed by atoms with Crippen LogP contribution in [0, 0.1) is 0 Å². The molecule has 2 aromatic carbocycles. The van der Waals surface area contributed by atoms with Crippen LogP contribution in [-0.4, -0.2) is 26.7 Å². The molecule has 4 rings (SSSR count). The molecular formula is C19H19NO5S. The summed E-state index contributed by atoms with van der Waals surface area (Å²) in [6, 6.07) is 13.9. The van der Waals surface area contributed by atoms with Crippen LogP contribution in [0.3, 0.4) is 0 Å². The Morgan fingerprint density at radius 3 is 2.81 bits per heavy atom. The number of ether oxygens (including phenoxy) is 1. The summed E-state index contributed by atoms with van der Waals surface area (Å²) < 4.78 is 38.7. The first kappa shape index (κ1) is 17.1. The quantitative estimate of drug-likeness (QED) is 0.718. The first-order chi connectivity index (χ1) is 12.4. The summed E-state index contributed by atoms with van der Waals surface area (Å²) in [4.78, 5) is 0.155. The molecule has 1 atom stereocenters. The lowest BCUT2D eigenvalue weighted by Gasteiger charge is -2.21. The van der Waals surface area contributed by atoms with E-state index < -0.39 is 15.6 Å². The summed E-state index contributed by atoms with van der Waals surface area (Å²) in [5, 5.41) is 11.6. The maximum Gasteiger partial charge on any atom is 0.240 e. The molecule has 1 aromatic heterocycles. The van der Waals surface area contributed by atoms with Gasteiger partial charge in [0.2, 0.25) is 10.0 Å². The number of fused-ring (bicyclic) bond motifs is 2. The van der Waals surface area contributed by atoms with Crippen molar-refractivity contribution >= 4 is 21.0 Å². The highest BCUT2D eigenvalue weighted by molar-refractivity contribution is 7.89. The van der Waals surface area contributed by atoms with Gasteiger partial charge in [-0.05, 0) is 42.8 Å². The van der Waals surface area contributed by atoms with Gasteiger partial charge in [-0.2, -0.15) is 0 Å². The van der Waals surface area contributed by atoms with Crippen molar-refractivity contribution in [3.63, 3.8) is 0 Å². The van der Waals surface area contributed by atoms with Gasteiger partial charge in [-0.15, -0.1) is 0 Å². The van der Waals surface area contributed by atoms with Crippen LogP contribution in [0.1, 0.15) is 18.2 Å². The number of aliphatic hydroxyl groups is 1. The second-order valence-electron chi connectivity index (χ2n) is 6.61. The summed E-state index contributed by atoms with van der Waals surface area (Å²) in [6.07, 6.45) is 0.690. The predicted molar refractivity (Wildman–Crippen MR) is 96.6 cm³/mol. The minimum Gasteiger partial charge on any atom is -0.493 e. The number of nitrogens with one attached hydrogen (secondary N) is 1. The number of furan rings is 1. The van der Waals surface area contributed by atoms with Crippen LogP contribution in [0.15, 0.2) is 57.8 Å². The second kappa shape index (κ2) is 6.12. The molecule has 136 valence electrons. The smallest absolute Gasteiger partial charge is 0.240 e. The molecule has 26 heavy (non-hydrogen) atoms. The molecule has 1 aliphatic rings. The van der Waals surface area contributed by atoms with E-state index >= 15 is 0 Å². The normalized spacial score (nSPS) is 16.2. The van der Waals surface area contributed by atoms with Crippen molar-refractivity contribution in [2.24, 2.45) is 0 Å². The first-order valence-corrected chi connectivity index (χ1v) is 9.80. The molecule has 0 amide bonds. The van der Waals surface area contributed by atoms with Crippen LogP contribution in [0.4, 0.5) is 0 Å². The summed E-state index contributed by atoms with van der Waals surface area (Å²) in [7, 11) is -3.76. The van der Waals surface area contributed by atoms with Gasteiger partial charge >= 0.3 is 0 Å². The number of hydrogen-bond donors (Lipinski definition) is 2. The van der Waals surface area contributed by atoms with Gasteiger partial charge in [0.15, 0.2) is 0 Å². The Bertz CT molecular complexity index is 1040. The molecule has 6 nitrogen and oxygen atoms in total. The highest BCUT2D eigenvalue weighted by atomic mass is 32.2. The van der Waals surface area contributed by atoms with E-state index in [4.69, 9.17) is 9.15 Å². The maximum absolute atomic E-state index is 12.6. The summed E-state index contributed by atoms with van der Waals surface area (Å²) in [5.41, 5.74) is 0.0347. The average Bonchev–Trinajstić information content (AvgIpc) is 3.26. The maximum atomic E-state index is 12.6. The number of para-hydroxylation sites is 1. The number of sulfonamides is 1. The van der Waals surface area contributed by atoms with Gasteiger partial charge in [-0.25, -0.2) is 13.1 Å². The second-order valence-corrected chi connectivity index (χ2v) is 8.38. The van der Waals surface area contributed by atoms with E-state index in [2.05, 4.69) is 4.72 Å². The Morgan fingerprint density at radius 1 is 1.19 bits per heavy atom. The fraction of sp³-hybridized carbons (Fsp3) is 0.263. The average molecular weight is 373 g/mol. The Hall–Kier alpha value is -2.35. The molecule has 0 radical (unpaired) electrons. The van der Waals surface area contributed by atoms with Crippen LogP contribution >= 0.6 is 0 Å². The predicted octanol–water partition coefficient (Wildman–Crippen LogP) is 2.55. The van der Waals surface area contributed by atoms with Gasteiger partial charge < -0.3 is 14.3 Å². The molecule has 2 N–H and O–H groups in total. The zero-order chi connectivity index (χ0) is 18.4. The molecule has 7 heteroatoms. The third kappa shape index (κ3) is 3.09. The van der Waals surface area contributed by atoms with Gasteiger partial charge in [-0.1, -0.05) is 18.2 Å². The third-order valence-corrected chi connectivity index (χ3v) is 5.93. The lowest BCUT2D eigenvalue weighted by atomic mass is 10.0. The number of rotatable bonds is 5. The van der Waals surface area contributed by atoms with Crippen molar-refractivity contribution in [2.75, 3.05) is 13.2 Å². The third-order valence-electron chi connectivity index (χ3n) is 4.53. The number of benzene rings is 2. The molecule has 0 saturated carbocycles. The Labute approximate surface area is 151 Å². The molecule has 0 unspecified atom stereocenters. The van der Waals surface area contributed by atoms with Gasteiger partial charge in [0.05, 0.1) is 11.5 Å². The van der Waals surface area contributed by atoms with Crippen molar-refractivity contribution in [3.8, 4) is 5.75 Å². The topological polar surface area (TPSA) is 88.8 Å². The molecule has 0 fully saturated rings. The van der Waals surface area contributed by atoms with E-state index in [9.17, 15) is 13.5 Å². The molecule has 3 aromatic rings. The Kier molecular flexibility index (Phi) is 4.02.